The SMILES string of the molecule is CN(C)c1ccc(N=Nc2ccc(C(N)=O)cc2)cc1. The number of rotatable bonds is 4. The van der Waals surface area contributed by atoms with Crippen LogP contribution in [0.3, 0.4) is 0 Å². The molecular formula is C15H16N4O. The number of azo groups is 1. The Morgan fingerprint density at radius 3 is 1.75 bits per heavy atom. The van der Waals surface area contributed by atoms with E-state index in [1.165, 1.54) is 0 Å². The molecule has 2 aromatic carbocycles. The minimum absolute atomic E-state index is 0.451. The lowest BCUT2D eigenvalue weighted by atomic mass is 10.2. The smallest absolute Gasteiger partial charge is 0.248 e. The van der Waals surface area contributed by atoms with E-state index in [9.17, 15) is 4.79 Å². The normalized spacial score (nSPS) is 10.7. The lowest BCUT2D eigenvalue weighted by Gasteiger charge is -2.11. The van der Waals surface area contributed by atoms with Crippen LogP contribution in [0.1, 0.15) is 10.4 Å². The summed E-state index contributed by atoms with van der Waals surface area (Å²) in [6, 6.07) is 14.4. The van der Waals surface area contributed by atoms with Gasteiger partial charge in [-0.3, -0.25) is 4.79 Å². The first-order valence-electron chi connectivity index (χ1n) is 6.15. The number of benzene rings is 2. The Kier molecular flexibility index (Phi) is 4.10. The van der Waals surface area contributed by atoms with E-state index in [0.717, 1.165) is 11.4 Å². The summed E-state index contributed by atoms with van der Waals surface area (Å²) in [5, 5.41) is 8.25. The quantitative estimate of drug-likeness (QED) is 0.864. The van der Waals surface area contributed by atoms with E-state index in [1.54, 1.807) is 24.3 Å². The number of nitrogens with two attached hydrogens (primary N) is 1. The summed E-state index contributed by atoms with van der Waals surface area (Å²) in [6.45, 7) is 0. The Bertz CT molecular complexity index is 615. The first kappa shape index (κ1) is 13.7. The van der Waals surface area contributed by atoms with Gasteiger partial charge in [0.15, 0.2) is 0 Å². The molecule has 0 radical (unpaired) electrons. The summed E-state index contributed by atoms with van der Waals surface area (Å²) in [4.78, 5) is 13.0. The molecule has 0 aliphatic rings. The van der Waals surface area contributed by atoms with E-state index in [-0.39, 0.29) is 0 Å². The number of nitrogens with zero attached hydrogens (tertiary/aromatic N) is 3. The Hall–Kier alpha value is -2.69. The molecule has 0 bridgehead atoms. The topological polar surface area (TPSA) is 71.1 Å². The number of amides is 1. The van der Waals surface area contributed by atoms with Crippen molar-refractivity contribution >= 4 is 23.0 Å². The number of hydrogen-bond acceptors (Lipinski definition) is 4. The van der Waals surface area contributed by atoms with Crippen molar-refractivity contribution in [2.75, 3.05) is 19.0 Å². The van der Waals surface area contributed by atoms with Crippen molar-refractivity contribution < 1.29 is 4.79 Å². The van der Waals surface area contributed by atoms with E-state index < -0.39 is 5.91 Å². The van der Waals surface area contributed by atoms with Crippen LogP contribution in [0.2, 0.25) is 0 Å². The maximum absolute atomic E-state index is 10.9. The molecule has 0 aliphatic heterocycles. The summed E-state index contributed by atoms with van der Waals surface area (Å²) in [5.41, 5.74) is 8.18. The van der Waals surface area contributed by atoms with Crippen molar-refractivity contribution in [1.82, 2.24) is 0 Å². The molecule has 0 unspecified atom stereocenters. The van der Waals surface area contributed by atoms with Crippen LogP contribution < -0.4 is 10.6 Å². The van der Waals surface area contributed by atoms with E-state index in [2.05, 4.69) is 10.2 Å². The molecule has 0 spiro atoms. The van der Waals surface area contributed by atoms with Gasteiger partial charge in [0, 0.05) is 25.3 Å². The molecule has 2 aromatic rings. The van der Waals surface area contributed by atoms with Crippen molar-refractivity contribution in [2.45, 2.75) is 0 Å². The molecule has 0 saturated carbocycles. The molecule has 0 aliphatic carbocycles. The zero-order valence-electron chi connectivity index (χ0n) is 11.4. The van der Waals surface area contributed by atoms with Gasteiger partial charge in [-0.15, -0.1) is 0 Å². The van der Waals surface area contributed by atoms with Gasteiger partial charge in [0.2, 0.25) is 5.91 Å². The fraction of sp³-hybridized carbons (Fsp3) is 0.133. The summed E-state index contributed by atoms with van der Waals surface area (Å²) < 4.78 is 0. The molecule has 2 rings (SSSR count). The van der Waals surface area contributed by atoms with E-state index >= 15 is 0 Å². The maximum Gasteiger partial charge on any atom is 0.248 e. The van der Waals surface area contributed by atoms with E-state index in [1.807, 2.05) is 43.3 Å². The lowest BCUT2D eigenvalue weighted by Crippen LogP contribution is -2.10. The summed E-state index contributed by atoms with van der Waals surface area (Å²) in [6.07, 6.45) is 0. The highest BCUT2D eigenvalue weighted by molar-refractivity contribution is 5.92. The molecule has 0 atom stereocenters. The molecule has 20 heavy (non-hydrogen) atoms. The van der Waals surface area contributed by atoms with Gasteiger partial charge >= 0.3 is 0 Å². The van der Waals surface area contributed by atoms with Crippen molar-refractivity contribution in [2.24, 2.45) is 16.0 Å². The predicted octanol–water partition coefficient (Wildman–Crippen LogP) is 3.27. The molecular weight excluding hydrogens is 252 g/mol. The second-order valence-corrected chi connectivity index (χ2v) is 4.52. The standard InChI is InChI=1S/C15H16N4O/c1-19(2)14-9-7-13(8-10-14)18-17-12-5-3-11(4-6-12)15(16)20/h3-10H,1-2H3,(H2,16,20). The molecule has 0 aromatic heterocycles. The molecule has 0 saturated heterocycles. The van der Waals surface area contributed by atoms with Crippen molar-refractivity contribution in [3.63, 3.8) is 0 Å². The van der Waals surface area contributed by atoms with Crippen LogP contribution >= 0.6 is 0 Å². The Balaban J connectivity index is 2.10. The number of primary amides is 1. The second-order valence-electron chi connectivity index (χ2n) is 4.52. The number of carbonyl (C=O) groups is 1. The third-order valence-electron chi connectivity index (χ3n) is 2.80. The van der Waals surface area contributed by atoms with Crippen molar-refractivity contribution in [3.05, 3.63) is 54.1 Å². The minimum Gasteiger partial charge on any atom is -0.378 e. The van der Waals surface area contributed by atoms with E-state index in [4.69, 9.17) is 5.73 Å². The van der Waals surface area contributed by atoms with Crippen LogP contribution in [0.4, 0.5) is 17.1 Å². The molecule has 1 amide bonds. The van der Waals surface area contributed by atoms with Crippen molar-refractivity contribution in [3.8, 4) is 0 Å². The summed E-state index contributed by atoms with van der Waals surface area (Å²) in [7, 11) is 3.97. The predicted molar refractivity (Wildman–Crippen MR) is 79.9 cm³/mol. The molecule has 0 heterocycles. The van der Waals surface area contributed by atoms with Gasteiger partial charge in [0.25, 0.3) is 0 Å². The molecule has 5 heteroatoms. The lowest BCUT2D eigenvalue weighted by molar-refractivity contribution is 0.100. The zero-order valence-corrected chi connectivity index (χ0v) is 11.4. The molecule has 102 valence electrons. The molecule has 5 nitrogen and oxygen atoms in total. The summed E-state index contributed by atoms with van der Waals surface area (Å²) >= 11 is 0. The second kappa shape index (κ2) is 5.97. The van der Waals surface area contributed by atoms with Gasteiger partial charge < -0.3 is 10.6 Å². The van der Waals surface area contributed by atoms with Gasteiger partial charge in [-0.2, -0.15) is 10.2 Å². The fourth-order valence-electron chi connectivity index (χ4n) is 1.63. The van der Waals surface area contributed by atoms with Crippen LogP contribution in [0.25, 0.3) is 0 Å². The van der Waals surface area contributed by atoms with Gasteiger partial charge in [0.1, 0.15) is 0 Å². The highest BCUT2D eigenvalue weighted by atomic mass is 16.1. The van der Waals surface area contributed by atoms with Crippen LogP contribution in [-0.2, 0) is 0 Å². The maximum atomic E-state index is 10.9. The van der Waals surface area contributed by atoms with Gasteiger partial charge in [-0.25, -0.2) is 0 Å². The van der Waals surface area contributed by atoms with Gasteiger partial charge in [-0.1, -0.05) is 0 Å². The third kappa shape index (κ3) is 3.41. The van der Waals surface area contributed by atoms with Crippen LogP contribution in [0.15, 0.2) is 58.8 Å². The minimum atomic E-state index is -0.451. The summed E-state index contributed by atoms with van der Waals surface area (Å²) in [5.74, 6) is -0.451. The highest BCUT2D eigenvalue weighted by Gasteiger charge is 1.99. The first-order valence-corrected chi connectivity index (χ1v) is 6.15. The van der Waals surface area contributed by atoms with Crippen LogP contribution in [-0.4, -0.2) is 20.0 Å². The first-order chi connectivity index (χ1) is 9.56. The molecule has 0 fully saturated rings. The largest absolute Gasteiger partial charge is 0.378 e. The van der Waals surface area contributed by atoms with Crippen LogP contribution in [0, 0.1) is 0 Å². The average molecular weight is 268 g/mol. The molecule has 2 N–H and O–H groups in total. The number of carbonyl (C=O) groups excluding carboxylic acids is 1. The van der Waals surface area contributed by atoms with E-state index in [0.29, 0.717) is 11.3 Å². The Labute approximate surface area is 117 Å². The zero-order chi connectivity index (χ0) is 14.5. The average Bonchev–Trinajstić information content (AvgIpc) is 2.46. The van der Waals surface area contributed by atoms with Gasteiger partial charge in [-0.05, 0) is 48.5 Å². The number of hydrogen-bond donors (Lipinski definition) is 1. The number of anilines is 1. The van der Waals surface area contributed by atoms with Crippen LogP contribution in [0.5, 0.6) is 0 Å². The highest BCUT2D eigenvalue weighted by Crippen LogP contribution is 2.21. The monoisotopic (exact) mass is 268 g/mol. The van der Waals surface area contributed by atoms with Crippen molar-refractivity contribution in [1.29, 1.82) is 0 Å². The Morgan fingerprint density at radius 2 is 1.35 bits per heavy atom. The fourth-order valence-corrected chi connectivity index (χ4v) is 1.63. The van der Waals surface area contributed by atoms with Gasteiger partial charge in [0.05, 0.1) is 11.4 Å². The third-order valence-corrected chi connectivity index (χ3v) is 2.80. The Morgan fingerprint density at radius 1 is 0.900 bits per heavy atom.